The van der Waals surface area contributed by atoms with E-state index >= 15 is 0 Å². The zero-order chi connectivity index (χ0) is 19.3. The van der Waals surface area contributed by atoms with Crippen molar-refractivity contribution in [2.24, 2.45) is 5.92 Å². The summed E-state index contributed by atoms with van der Waals surface area (Å²) in [5, 5.41) is 3.08. The molecule has 6 heteroatoms. The third kappa shape index (κ3) is 4.84. The Hall–Kier alpha value is -2.37. The molecule has 1 aliphatic rings. The highest BCUT2D eigenvalue weighted by Gasteiger charge is 2.49. The predicted octanol–water partition coefficient (Wildman–Crippen LogP) is 2.57. The van der Waals surface area contributed by atoms with Gasteiger partial charge in [-0.2, -0.15) is 0 Å². The molecule has 0 aromatic heterocycles. The number of carbonyl (C=O) groups is 3. The summed E-state index contributed by atoms with van der Waals surface area (Å²) in [5.74, 6) is -1.12. The first-order valence-electron chi connectivity index (χ1n) is 8.86. The minimum Gasteiger partial charge on any atom is -0.465 e. The van der Waals surface area contributed by atoms with Crippen molar-refractivity contribution in [3.05, 3.63) is 35.9 Å². The average molecular weight is 361 g/mol. The Bertz CT molecular complexity index is 659. The van der Waals surface area contributed by atoms with Gasteiger partial charge in [0.2, 0.25) is 5.91 Å². The third-order valence-corrected chi connectivity index (χ3v) is 5.09. The van der Waals surface area contributed by atoms with Gasteiger partial charge in [0.05, 0.1) is 12.1 Å². The summed E-state index contributed by atoms with van der Waals surface area (Å²) in [6.45, 7) is 6.36. The van der Waals surface area contributed by atoms with Crippen LogP contribution in [-0.2, 0) is 23.9 Å². The molecule has 26 heavy (non-hydrogen) atoms. The molecule has 0 heterocycles. The topological polar surface area (TPSA) is 81.7 Å². The van der Waals surface area contributed by atoms with Crippen LogP contribution >= 0.6 is 0 Å². The van der Waals surface area contributed by atoms with Crippen LogP contribution in [0.2, 0.25) is 0 Å². The zero-order valence-corrected chi connectivity index (χ0v) is 15.8. The Kier molecular flexibility index (Phi) is 6.40. The van der Waals surface area contributed by atoms with Crippen molar-refractivity contribution in [3.63, 3.8) is 0 Å². The Morgan fingerprint density at radius 3 is 2.27 bits per heavy atom. The van der Waals surface area contributed by atoms with Crippen LogP contribution in [0.25, 0.3) is 0 Å². The summed E-state index contributed by atoms with van der Waals surface area (Å²) < 4.78 is 10.8. The molecule has 142 valence electrons. The number of nitrogens with one attached hydrogen (secondary N) is 1. The van der Waals surface area contributed by atoms with Gasteiger partial charge in [0.15, 0.2) is 0 Å². The summed E-state index contributed by atoms with van der Waals surface area (Å²) in [4.78, 5) is 34.8. The van der Waals surface area contributed by atoms with Gasteiger partial charge in [0.25, 0.3) is 0 Å². The molecule has 0 saturated heterocycles. The summed E-state index contributed by atoms with van der Waals surface area (Å²) in [6.07, 6.45) is 0.823. The molecule has 1 aromatic rings. The van der Waals surface area contributed by atoms with Crippen molar-refractivity contribution in [3.8, 4) is 0 Å². The first-order valence-corrected chi connectivity index (χ1v) is 8.86. The molecule has 0 bridgehead atoms. The van der Waals surface area contributed by atoms with Crippen molar-refractivity contribution in [1.82, 2.24) is 5.32 Å². The molecule has 1 fully saturated rings. The van der Waals surface area contributed by atoms with Crippen molar-refractivity contribution in [1.29, 1.82) is 0 Å². The smallest absolute Gasteiger partial charge is 0.302 e. The van der Waals surface area contributed by atoms with Gasteiger partial charge >= 0.3 is 11.9 Å². The normalized spacial score (nSPS) is 28.1. The van der Waals surface area contributed by atoms with Crippen molar-refractivity contribution in [2.45, 2.75) is 58.1 Å². The largest absolute Gasteiger partial charge is 0.465 e. The molecule has 1 saturated carbocycles. The fraction of sp³-hybridized carbons (Fsp3) is 0.550. The van der Waals surface area contributed by atoms with Gasteiger partial charge in [-0.1, -0.05) is 30.3 Å². The zero-order valence-electron chi connectivity index (χ0n) is 15.8. The van der Waals surface area contributed by atoms with E-state index < -0.39 is 5.54 Å². The van der Waals surface area contributed by atoms with E-state index in [-0.39, 0.29) is 42.4 Å². The molecule has 0 unspecified atom stereocenters. The molecule has 6 nitrogen and oxygen atoms in total. The molecule has 1 aliphatic carbocycles. The van der Waals surface area contributed by atoms with Gasteiger partial charge in [0, 0.05) is 32.6 Å². The van der Waals surface area contributed by atoms with E-state index in [4.69, 9.17) is 9.47 Å². The predicted molar refractivity (Wildman–Crippen MR) is 96.3 cm³/mol. The summed E-state index contributed by atoms with van der Waals surface area (Å²) in [5.41, 5.74) is 0.424. The fourth-order valence-corrected chi connectivity index (χ4v) is 3.98. The second kappa shape index (κ2) is 8.34. The van der Waals surface area contributed by atoms with Crippen molar-refractivity contribution >= 4 is 17.8 Å². The van der Waals surface area contributed by atoms with Crippen LogP contribution in [0.4, 0.5) is 0 Å². The molecular weight excluding hydrogens is 334 g/mol. The SMILES string of the molecule is CC(=O)N[C@@]1(C)[C@@H](COC(C)=O)C[C@H](OC(C)=O)C[C@H]1c1ccccc1. The van der Waals surface area contributed by atoms with E-state index in [0.717, 1.165) is 5.56 Å². The molecule has 0 spiro atoms. The first-order chi connectivity index (χ1) is 12.2. The lowest BCUT2D eigenvalue weighted by atomic mass is 9.63. The second-order valence-corrected chi connectivity index (χ2v) is 7.13. The lowest BCUT2D eigenvalue weighted by molar-refractivity contribution is -0.155. The van der Waals surface area contributed by atoms with Gasteiger partial charge in [-0.3, -0.25) is 14.4 Å². The van der Waals surface area contributed by atoms with E-state index in [9.17, 15) is 14.4 Å². The highest BCUT2D eigenvalue weighted by atomic mass is 16.5. The number of hydrogen-bond donors (Lipinski definition) is 1. The van der Waals surface area contributed by atoms with Crippen LogP contribution in [0.3, 0.4) is 0 Å². The van der Waals surface area contributed by atoms with E-state index in [1.54, 1.807) is 0 Å². The van der Waals surface area contributed by atoms with Gasteiger partial charge in [-0.25, -0.2) is 0 Å². The molecule has 1 amide bonds. The molecule has 1 aromatic carbocycles. The minimum absolute atomic E-state index is 0.0775. The maximum atomic E-state index is 11.9. The lowest BCUT2D eigenvalue weighted by Crippen LogP contribution is -2.60. The lowest BCUT2D eigenvalue weighted by Gasteiger charge is -2.49. The number of esters is 2. The molecule has 4 atom stereocenters. The average Bonchev–Trinajstić information content (AvgIpc) is 2.54. The van der Waals surface area contributed by atoms with Crippen LogP contribution in [0, 0.1) is 5.92 Å². The van der Waals surface area contributed by atoms with Gasteiger partial charge in [-0.05, 0) is 25.3 Å². The van der Waals surface area contributed by atoms with E-state index in [0.29, 0.717) is 12.8 Å². The summed E-state index contributed by atoms with van der Waals surface area (Å²) in [7, 11) is 0. The maximum absolute atomic E-state index is 11.9. The number of ether oxygens (including phenoxy) is 2. The third-order valence-electron chi connectivity index (χ3n) is 5.09. The summed E-state index contributed by atoms with van der Waals surface area (Å²) in [6, 6.07) is 9.83. The number of amides is 1. The van der Waals surface area contributed by atoms with Crippen LogP contribution in [0.5, 0.6) is 0 Å². The van der Waals surface area contributed by atoms with E-state index in [2.05, 4.69) is 5.32 Å². The highest BCUT2D eigenvalue weighted by Crippen LogP contribution is 2.45. The quantitative estimate of drug-likeness (QED) is 0.815. The monoisotopic (exact) mass is 361 g/mol. The molecule has 0 aliphatic heterocycles. The van der Waals surface area contributed by atoms with Gasteiger partial charge in [0.1, 0.15) is 6.10 Å². The Morgan fingerprint density at radius 1 is 1.08 bits per heavy atom. The standard InChI is InChI=1S/C20H27NO5/c1-13(22)21-20(4)17(12-25-14(2)23)10-18(26-15(3)24)11-19(20)16-8-6-5-7-9-16/h5-9,17-19H,10-12H2,1-4H3,(H,21,22)/t17-,18+,19+,20+/m1/s1. The first kappa shape index (κ1) is 19.9. The van der Waals surface area contributed by atoms with E-state index in [1.807, 2.05) is 37.3 Å². The van der Waals surface area contributed by atoms with Crippen LogP contribution in [0.15, 0.2) is 30.3 Å². The van der Waals surface area contributed by atoms with Crippen molar-refractivity contribution < 1.29 is 23.9 Å². The van der Waals surface area contributed by atoms with Gasteiger partial charge < -0.3 is 14.8 Å². The number of hydrogen-bond acceptors (Lipinski definition) is 5. The second-order valence-electron chi connectivity index (χ2n) is 7.13. The highest BCUT2D eigenvalue weighted by molar-refractivity contribution is 5.74. The Balaban J connectivity index is 2.41. The molecule has 2 rings (SSSR count). The number of benzene rings is 1. The van der Waals surface area contributed by atoms with Crippen LogP contribution in [-0.4, -0.2) is 36.1 Å². The molecule has 0 radical (unpaired) electrons. The Morgan fingerprint density at radius 2 is 1.73 bits per heavy atom. The number of carbonyl (C=O) groups excluding carboxylic acids is 3. The minimum atomic E-state index is -0.626. The Labute approximate surface area is 154 Å². The van der Waals surface area contributed by atoms with E-state index in [1.165, 1.54) is 20.8 Å². The van der Waals surface area contributed by atoms with Crippen LogP contribution < -0.4 is 5.32 Å². The van der Waals surface area contributed by atoms with Crippen molar-refractivity contribution in [2.75, 3.05) is 6.61 Å². The summed E-state index contributed by atoms with van der Waals surface area (Å²) >= 11 is 0. The molecular formula is C20H27NO5. The van der Waals surface area contributed by atoms with Crippen LogP contribution in [0.1, 0.15) is 52.0 Å². The fourth-order valence-electron chi connectivity index (χ4n) is 3.98. The maximum Gasteiger partial charge on any atom is 0.302 e. The van der Waals surface area contributed by atoms with Gasteiger partial charge in [-0.15, -0.1) is 0 Å². The molecule has 1 N–H and O–H groups in total. The number of rotatable bonds is 5.